The highest BCUT2D eigenvalue weighted by atomic mass is 31.2. The van der Waals surface area contributed by atoms with E-state index in [9.17, 15) is 14.2 Å². The molecule has 0 aromatic carbocycles. The zero-order valence-electron chi connectivity index (χ0n) is 8.74. The molecular formula is C7H13O8P. The average molecular weight is 256 g/mol. The van der Waals surface area contributed by atoms with Crippen molar-refractivity contribution in [3.05, 3.63) is 0 Å². The number of esters is 1. The Balaban J connectivity index is 4.07. The van der Waals surface area contributed by atoms with Gasteiger partial charge in [-0.05, 0) is 13.8 Å². The first-order chi connectivity index (χ1) is 7.11. The van der Waals surface area contributed by atoms with Crippen molar-refractivity contribution < 1.29 is 38.5 Å². The van der Waals surface area contributed by atoms with Crippen LogP contribution in [0.1, 0.15) is 13.8 Å². The minimum atomic E-state index is -4.97. The van der Waals surface area contributed by atoms with E-state index in [-0.39, 0.29) is 0 Å². The molecule has 0 atom stereocenters. The van der Waals surface area contributed by atoms with Crippen LogP contribution in [0.25, 0.3) is 0 Å². The van der Waals surface area contributed by atoms with Gasteiger partial charge in [0, 0.05) is 0 Å². The predicted octanol–water partition coefficient (Wildman–Crippen LogP) is -0.180. The third kappa shape index (κ3) is 4.71. The molecule has 0 aromatic rings. The van der Waals surface area contributed by atoms with Crippen molar-refractivity contribution in [2.45, 2.75) is 13.8 Å². The van der Waals surface area contributed by atoms with E-state index >= 15 is 0 Å². The molecule has 94 valence electrons. The maximum Gasteiger partial charge on any atom is 0.433 e. The molecule has 8 nitrogen and oxygen atoms in total. The summed E-state index contributed by atoms with van der Waals surface area (Å²) in [6.07, 6.45) is 0. The minimum Gasteiger partial charge on any atom is -0.427 e. The van der Waals surface area contributed by atoms with Crippen LogP contribution in [0, 0.1) is 5.41 Å². The summed E-state index contributed by atoms with van der Waals surface area (Å²) in [5.41, 5.74) is -2.95. The summed E-state index contributed by atoms with van der Waals surface area (Å²) in [6.45, 7) is 1.39. The van der Waals surface area contributed by atoms with Crippen molar-refractivity contribution in [2.75, 3.05) is 13.4 Å². The number of aliphatic hydroxyl groups is 1. The molecule has 0 aliphatic rings. The van der Waals surface area contributed by atoms with Crippen LogP contribution in [-0.4, -0.2) is 40.0 Å². The SMILES string of the molecule is CC(C)(CO)C(=O)OCOC(=O)P(=O)(O)O. The molecule has 0 aromatic heterocycles. The van der Waals surface area contributed by atoms with E-state index in [1.165, 1.54) is 13.8 Å². The lowest BCUT2D eigenvalue weighted by molar-refractivity contribution is -0.164. The van der Waals surface area contributed by atoms with Crippen LogP contribution in [0.4, 0.5) is 4.79 Å². The molecule has 0 radical (unpaired) electrons. The summed E-state index contributed by atoms with van der Waals surface area (Å²) in [7, 11) is -4.97. The van der Waals surface area contributed by atoms with Gasteiger partial charge in [0.2, 0.25) is 6.79 Å². The first-order valence-electron chi connectivity index (χ1n) is 4.12. The average Bonchev–Trinajstić information content (AvgIpc) is 2.15. The predicted molar refractivity (Wildman–Crippen MR) is 50.4 cm³/mol. The van der Waals surface area contributed by atoms with Crippen molar-refractivity contribution in [1.29, 1.82) is 0 Å². The topological polar surface area (TPSA) is 130 Å². The van der Waals surface area contributed by atoms with Gasteiger partial charge in [-0.1, -0.05) is 0 Å². The smallest absolute Gasteiger partial charge is 0.427 e. The van der Waals surface area contributed by atoms with Crippen molar-refractivity contribution in [3.63, 3.8) is 0 Å². The Hall–Kier alpha value is -0.950. The highest BCUT2D eigenvalue weighted by molar-refractivity contribution is 7.69. The highest BCUT2D eigenvalue weighted by Crippen LogP contribution is 2.36. The Labute approximate surface area is 91.3 Å². The number of aliphatic hydroxyl groups excluding tert-OH is 1. The van der Waals surface area contributed by atoms with Gasteiger partial charge in [-0.3, -0.25) is 4.79 Å². The lowest BCUT2D eigenvalue weighted by Crippen LogP contribution is -2.31. The Bertz CT molecular complexity index is 316. The normalized spacial score (nSPS) is 12.1. The number of ether oxygens (including phenoxy) is 2. The van der Waals surface area contributed by atoms with Crippen LogP contribution < -0.4 is 0 Å². The zero-order chi connectivity index (χ0) is 13.0. The number of hydrogen-bond donors (Lipinski definition) is 3. The van der Waals surface area contributed by atoms with Gasteiger partial charge in [0.15, 0.2) is 0 Å². The van der Waals surface area contributed by atoms with Crippen molar-refractivity contribution in [1.82, 2.24) is 0 Å². The van der Waals surface area contributed by atoms with Gasteiger partial charge in [0.05, 0.1) is 12.0 Å². The molecule has 16 heavy (non-hydrogen) atoms. The number of hydrogen-bond acceptors (Lipinski definition) is 6. The van der Waals surface area contributed by atoms with E-state index in [0.717, 1.165) is 0 Å². The second-order valence-corrected chi connectivity index (χ2v) is 5.00. The molecule has 0 amide bonds. The van der Waals surface area contributed by atoms with E-state index in [1.54, 1.807) is 0 Å². The summed E-state index contributed by atoms with van der Waals surface area (Å²) in [5.74, 6) is -0.853. The van der Waals surface area contributed by atoms with Gasteiger partial charge in [-0.15, -0.1) is 0 Å². The van der Waals surface area contributed by atoms with Crippen LogP contribution in [0.15, 0.2) is 0 Å². The van der Waals surface area contributed by atoms with Crippen LogP contribution in [0.3, 0.4) is 0 Å². The molecule has 0 fully saturated rings. The molecule has 0 saturated carbocycles. The quantitative estimate of drug-likeness (QED) is 0.350. The first kappa shape index (κ1) is 15.0. The Morgan fingerprint density at radius 3 is 2.12 bits per heavy atom. The lowest BCUT2D eigenvalue weighted by atomic mass is 9.95. The second kappa shape index (κ2) is 5.40. The van der Waals surface area contributed by atoms with Crippen LogP contribution in [0.2, 0.25) is 0 Å². The fraction of sp³-hybridized carbons (Fsp3) is 0.714. The van der Waals surface area contributed by atoms with Gasteiger partial charge in [-0.25, -0.2) is 9.36 Å². The Morgan fingerprint density at radius 2 is 1.75 bits per heavy atom. The molecule has 3 N–H and O–H groups in total. The molecule has 0 aliphatic carbocycles. The number of carbonyl (C=O) groups is 2. The summed E-state index contributed by atoms with van der Waals surface area (Å²) in [4.78, 5) is 38.3. The summed E-state index contributed by atoms with van der Waals surface area (Å²) < 4.78 is 18.7. The van der Waals surface area contributed by atoms with Crippen LogP contribution >= 0.6 is 7.60 Å². The number of carbonyl (C=O) groups excluding carboxylic acids is 2. The van der Waals surface area contributed by atoms with Crippen LogP contribution in [0.5, 0.6) is 0 Å². The summed E-state index contributed by atoms with van der Waals surface area (Å²) >= 11 is 0. The molecule has 0 saturated heterocycles. The molecule has 0 heterocycles. The Kier molecular flexibility index (Phi) is 5.08. The standard InChI is InChI=1S/C7H13O8P/c1-7(2,3-8)5(9)14-4-15-6(10)16(11,12)13/h8H,3-4H2,1-2H3,(H2,11,12,13). The van der Waals surface area contributed by atoms with Crippen LogP contribution in [-0.2, 0) is 18.8 Å². The van der Waals surface area contributed by atoms with Gasteiger partial charge >= 0.3 is 19.3 Å². The molecule has 0 bridgehead atoms. The second-order valence-electron chi connectivity index (χ2n) is 3.55. The van der Waals surface area contributed by atoms with Crippen molar-refractivity contribution >= 4 is 19.3 Å². The van der Waals surface area contributed by atoms with E-state index in [2.05, 4.69) is 9.47 Å². The molecule has 0 rings (SSSR count). The largest absolute Gasteiger partial charge is 0.433 e. The first-order valence-corrected chi connectivity index (χ1v) is 5.73. The van der Waals surface area contributed by atoms with E-state index in [1.807, 2.05) is 0 Å². The zero-order valence-corrected chi connectivity index (χ0v) is 9.64. The van der Waals surface area contributed by atoms with Gasteiger partial charge in [0.25, 0.3) is 0 Å². The molecule has 0 spiro atoms. The molecule has 9 heteroatoms. The molecule has 0 aliphatic heterocycles. The van der Waals surface area contributed by atoms with Crippen molar-refractivity contribution in [3.8, 4) is 0 Å². The fourth-order valence-electron chi connectivity index (χ4n) is 0.477. The highest BCUT2D eigenvalue weighted by Gasteiger charge is 2.31. The van der Waals surface area contributed by atoms with E-state index in [4.69, 9.17) is 14.9 Å². The summed E-state index contributed by atoms with van der Waals surface area (Å²) in [5, 5.41) is 8.77. The number of rotatable bonds is 5. The van der Waals surface area contributed by atoms with Gasteiger partial charge in [-0.2, -0.15) is 0 Å². The summed E-state index contributed by atoms with van der Waals surface area (Å²) in [6, 6.07) is 0. The maximum absolute atomic E-state index is 11.2. The minimum absolute atomic E-state index is 0.474. The van der Waals surface area contributed by atoms with E-state index < -0.39 is 38.1 Å². The monoisotopic (exact) mass is 256 g/mol. The lowest BCUT2D eigenvalue weighted by Gasteiger charge is -2.19. The maximum atomic E-state index is 11.2. The molecular weight excluding hydrogens is 243 g/mol. The Morgan fingerprint density at radius 1 is 1.25 bits per heavy atom. The fourth-order valence-corrected chi connectivity index (χ4v) is 0.698. The van der Waals surface area contributed by atoms with Gasteiger partial charge in [0.1, 0.15) is 0 Å². The molecule has 0 unspecified atom stereocenters. The van der Waals surface area contributed by atoms with Crippen molar-refractivity contribution in [2.24, 2.45) is 5.41 Å². The van der Waals surface area contributed by atoms with E-state index in [0.29, 0.717) is 0 Å². The third-order valence-electron chi connectivity index (χ3n) is 1.56. The third-order valence-corrected chi connectivity index (χ3v) is 2.16. The van der Waals surface area contributed by atoms with Gasteiger partial charge < -0.3 is 24.4 Å².